The molecule has 1 N–H and O–H groups in total. The zero-order valence-corrected chi connectivity index (χ0v) is 10.2. The minimum atomic E-state index is -4.79. The molecule has 0 unspecified atom stereocenters. The van der Waals surface area contributed by atoms with Crippen LogP contribution >= 0.6 is 0 Å². The molecule has 0 atom stereocenters. The Balaban J connectivity index is 2.94. The van der Waals surface area contributed by atoms with E-state index in [0.717, 1.165) is 12.1 Å². The Morgan fingerprint density at radius 3 is 2.68 bits per heavy atom. The maximum atomic E-state index is 12.1. The minimum Gasteiger partial charge on any atom is -0.406 e. The molecule has 0 heterocycles. The first-order chi connectivity index (χ1) is 8.94. The van der Waals surface area contributed by atoms with Gasteiger partial charge in [0, 0.05) is 24.1 Å². The van der Waals surface area contributed by atoms with Crippen LogP contribution in [0.15, 0.2) is 18.2 Å². The summed E-state index contributed by atoms with van der Waals surface area (Å²) in [6.45, 7) is 0.673. The molecule has 0 aliphatic rings. The van der Waals surface area contributed by atoms with Crippen molar-refractivity contribution in [2.24, 2.45) is 0 Å². The number of alkyl halides is 3. The normalized spacial score (nSPS) is 10.5. The fourth-order valence-electron chi connectivity index (χ4n) is 1.31. The number of nitrogens with one attached hydrogen (secondary N) is 1. The van der Waals surface area contributed by atoms with Gasteiger partial charge in [0.2, 0.25) is 0 Å². The van der Waals surface area contributed by atoms with E-state index in [2.05, 4.69) is 21.9 Å². The van der Waals surface area contributed by atoms with Gasteiger partial charge in [0.05, 0.1) is 0 Å². The van der Waals surface area contributed by atoms with Crippen molar-refractivity contribution in [1.82, 2.24) is 5.32 Å². The van der Waals surface area contributed by atoms with Crippen molar-refractivity contribution in [1.29, 1.82) is 0 Å². The number of carbonyl (C=O) groups excluding carboxylic acids is 1. The summed E-state index contributed by atoms with van der Waals surface area (Å²) in [6.07, 6.45) is -3.79. The van der Waals surface area contributed by atoms with E-state index in [9.17, 15) is 18.0 Å². The maximum Gasteiger partial charge on any atom is 0.573 e. The quantitative estimate of drug-likeness (QED) is 0.519. The highest BCUT2D eigenvalue weighted by molar-refractivity contribution is 5.76. The van der Waals surface area contributed by atoms with Gasteiger partial charge in [-0.1, -0.05) is 11.8 Å². The van der Waals surface area contributed by atoms with Gasteiger partial charge in [-0.3, -0.25) is 4.79 Å². The molecule has 0 bridgehead atoms. The molecule has 102 valence electrons. The molecule has 0 radical (unpaired) electrons. The standard InChI is InChI=1S/C13H12F3NO2/c1-17-5-3-2-4-10-6-11(9-18)8-12(7-10)19-13(14,15)16/h6-9,17H,3,5H2,1H3. The lowest BCUT2D eigenvalue weighted by Gasteiger charge is -2.09. The first-order valence-corrected chi connectivity index (χ1v) is 5.44. The van der Waals surface area contributed by atoms with E-state index >= 15 is 0 Å². The summed E-state index contributed by atoms with van der Waals surface area (Å²) < 4.78 is 40.1. The number of hydrogen-bond donors (Lipinski definition) is 1. The van der Waals surface area contributed by atoms with E-state index in [4.69, 9.17) is 0 Å². The summed E-state index contributed by atoms with van der Waals surface area (Å²) >= 11 is 0. The van der Waals surface area contributed by atoms with Crippen molar-refractivity contribution in [3.63, 3.8) is 0 Å². The van der Waals surface area contributed by atoms with Crippen molar-refractivity contribution in [3.8, 4) is 17.6 Å². The highest BCUT2D eigenvalue weighted by atomic mass is 19.4. The van der Waals surface area contributed by atoms with Crippen molar-refractivity contribution in [3.05, 3.63) is 29.3 Å². The highest BCUT2D eigenvalue weighted by Gasteiger charge is 2.31. The van der Waals surface area contributed by atoms with Crippen LogP contribution in [0.4, 0.5) is 13.2 Å². The molecule has 0 spiro atoms. The third-order valence-electron chi connectivity index (χ3n) is 2.03. The molecule has 19 heavy (non-hydrogen) atoms. The predicted octanol–water partition coefficient (Wildman–Crippen LogP) is 2.36. The van der Waals surface area contributed by atoms with Crippen LogP contribution in [0.1, 0.15) is 22.3 Å². The summed E-state index contributed by atoms with van der Waals surface area (Å²) in [5.41, 5.74) is 0.389. The molecule has 1 aromatic rings. The van der Waals surface area contributed by atoms with Crippen LogP contribution in [0.25, 0.3) is 0 Å². The first-order valence-electron chi connectivity index (χ1n) is 5.44. The van der Waals surface area contributed by atoms with Gasteiger partial charge in [-0.2, -0.15) is 0 Å². The van der Waals surface area contributed by atoms with Crippen LogP contribution in [-0.4, -0.2) is 26.2 Å². The average molecular weight is 271 g/mol. The molecular weight excluding hydrogens is 259 g/mol. The van der Waals surface area contributed by atoms with Crippen LogP contribution in [0, 0.1) is 11.8 Å². The Morgan fingerprint density at radius 2 is 2.11 bits per heavy atom. The zero-order valence-electron chi connectivity index (χ0n) is 10.2. The molecule has 1 aromatic carbocycles. The average Bonchev–Trinajstić information content (AvgIpc) is 2.32. The molecule has 0 aliphatic carbocycles. The monoisotopic (exact) mass is 271 g/mol. The van der Waals surface area contributed by atoms with Crippen LogP contribution in [-0.2, 0) is 0 Å². The van der Waals surface area contributed by atoms with Crippen molar-refractivity contribution >= 4 is 6.29 Å². The highest BCUT2D eigenvalue weighted by Crippen LogP contribution is 2.24. The number of rotatable bonds is 4. The smallest absolute Gasteiger partial charge is 0.406 e. The summed E-state index contributed by atoms with van der Waals surface area (Å²) in [5, 5.41) is 2.89. The number of hydrogen-bond acceptors (Lipinski definition) is 3. The van der Waals surface area contributed by atoms with Gasteiger partial charge in [-0.25, -0.2) is 0 Å². The van der Waals surface area contributed by atoms with Gasteiger partial charge in [0.15, 0.2) is 0 Å². The van der Waals surface area contributed by atoms with E-state index < -0.39 is 12.1 Å². The fraction of sp³-hybridized carbons (Fsp3) is 0.308. The topological polar surface area (TPSA) is 38.3 Å². The Hall–Kier alpha value is -2.00. The molecule has 0 aliphatic heterocycles. The van der Waals surface area contributed by atoms with E-state index in [1.54, 1.807) is 7.05 Å². The first kappa shape index (κ1) is 15.1. The summed E-state index contributed by atoms with van der Waals surface area (Å²) in [5.74, 6) is 5.01. The molecule has 0 saturated heterocycles. The zero-order chi connectivity index (χ0) is 14.3. The van der Waals surface area contributed by atoms with Crippen molar-refractivity contribution in [2.75, 3.05) is 13.6 Å². The van der Waals surface area contributed by atoms with E-state index in [1.165, 1.54) is 6.07 Å². The Bertz CT molecular complexity index is 501. The van der Waals surface area contributed by atoms with Gasteiger partial charge in [-0.15, -0.1) is 13.2 Å². The Kier molecular flexibility index (Phi) is 5.39. The summed E-state index contributed by atoms with van der Waals surface area (Å²) in [4.78, 5) is 10.7. The number of carbonyl (C=O) groups is 1. The Morgan fingerprint density at radius 1 is 1.37 bits per heavy atom. The molecule has 3 nitrogen and oxygen atoms in total. The van der Waals surface area contributed by atoms with Crippen molar-refractivity contribution < 1.29 is 22.7 Å². The number of benzene rings is 1. The predicted molar refractivity (Wildman–Crippen MR) is 63.9 cm³/mol. The Labute approximate surface area is 108 Å². The van der Waals surface area contributed by atoms with Gasteiger partial charge >= 0.3 is 6.36 Å². The second kappa shape index (κ2) is 6.81. The summed E-state index contributed by atoms with van der Waals surface area (Å²) in [7, 11) is 1.77. The molecule has 0 fully saturated rings. The lowest BCUT2D eigenvalue weighted by atomic mass is 10.1. The lowest BCUT2D eigenvalue weighted by molar-refractivity contribution is -0.274. The third-order valence-corrected chi connectivity index (χ3v) is 2.03. The molecule has 6 heteroatoms. The molecule has 0 saturated carbocycles. The van der Waals surface area contributed by atoms with Crippen LogP contribution in [0.5, 0.6) is 5.75 Å². The van der Waals surface area contributed by atoms with Crippen LogP contribution < -0.4 is 10.1 Å². The largest absolute Gasteiger partial charge is 0.573 e. The molecular formula is C13H12F3NO2. The van der Waals surface area contributed by atoms with Gasteiger partial charge in [-0.05, 0) is 25.2 Å². The maximum absolute atomic E-state index is 12.1. The fourth-order valence-corrected chi connectivity index (χ4v) is 1.31. The third kappa shape index (κ3) is 5.93. The van der Waals surface area contributed by atoms with Crippen LogP contribution in [0.3, 0.4) is 0 Å². The van der Waals surface area contributed by atoms with E-state index in [0.29, 0.717) is 24.8 Å². The van der Waals surface area contributed by atoms with Gasteiger partial charge in [0.25, 0.3) is 0 Å². The van der Waals surface area contributed by atoms with E-state index in [1.807, 2.05) is 0 Å². The lowest BCUT2D eigenvalue weighted by Crippen LogP contribution is -2.17. The number of halogens is 3. The molecule has 0 amide bonds. The molecule has 1 rings (SSSR count). The van der Waals surface area contributed by atoms with Gasteiger partial charge in [0.1, 0.15) is 12.0 Å². The second-order valence-corrected chi connectivity index (χ2v) is 3.61. The second-order valence-electron chi connectivity index (χ2n) is 3.61. The van der Waals surface area contributed by atoms with Crippen LogP contribution in [0.2, 0.25) is 0 Å². The summed E-state index contributed by atoms with van der Waals surface area (Å²) in [6, 6.07) is 3.56. The number of aldehydes is 1. The minimum absolute atomic E-state index is 0.0830. The number of ether oxygens (including phenoxy) is 1. The van der Waals surface area contributed by atoms with Gasteiger partial charge < -0.3 is 10.1 Å². The SMILES string of the molecule is CNCCC#Cc1cc(C=O)cc(OC(F)(F)F)c1. The molecule has 0 aromatic heterocycles. The van der Waals surface area contributed by atoms with Crippen molar-refractivity contribution in [2.45, 2.75) is 12.8 Å². The van der Waals surface area contributed by atoms with E-state index in [-0.39, 0.29) is 5.56 Å².